The number of rotatable bonds is 4. The van der Waals surface area contributed by atoms with Gasteiger partial charge in [-0.1, -0.05) is 13.8 Å². The number of hydrogen-bond donors (Lipinski definition) is 0. The van der Waals surface area contributed by atoms with E-state index in [0.29, 0.717) is 5.88 Å². The minimum atomic E-state index is -0.301. The van der Waals surface area contributed by atoms with Gasteiger partial charge in [-0.15, -0.1) is 5.10 Å². The van der Waals surface area contributed by atoms with Crippen molar-refractivity contribution >= 4 is 5.78 Å². The molecule has 5 nitrogen and oxygen atoms in total. The number of Topliss-reactive ketones (excluding diaryl/α,β-unsaturated/α-hetero) is 1. The summed E-state index contributed by atoms with van der Waals surface area (Å²) in [7, 11) is 1.46. The van der Waals surface area contributed by atoms with Crippen molar-refractivity contribution in [3.8, 4) is 5.88 Å². The fraction of sp³-hybridized carbons (Fsp3) is 0.500. The van der Waals surface area contributed by atoms with Gasteiger partial charge in [-0.2, -0.15) is 0 Å². The molecule has 0 N–H and O–H groups in total. The maximum absolute atomic E-state index is 11.4. The van der Waals surface area contributed by atoms with Crippen LogP contribution in [0.2, 0.25) is 0 Å². The van der Waals surface area contributed by atoms with Crippen LogP contribution in [0.4, 0.5) is 0 Å². The third-order valence-corrected chi connectivity index (χ3v) is 2.00. The third-order valence-electron chi connectivity index (χ3n) is 2.00. The number of carbonyl (C=O) groups is 1. The van der Waals surface area contributed by atoms with Crippen LogP contribution in [0, 0.1) is 5.92 Å². The third kappa shape index (κ3) is 2.90. The molecule has 0 saturated heterocycles. The van der Waals surface area contributed by atoms with Gasteiger partial charge in [-0.3, -0.25) is 9.59 Å². The minimum absolute atomic E-state index is 0.00625. The van der Waals surface area contributed by atoms with Gasteiger partial charge >= 0.3 is 0 Å². The van der Waals surface area contributed by atoms with Gasteiger partial charge in [-0.05, 0) is 0 Å². The minimum Gasteiger partial charge on any atom is -0.480 e. The average molecular weight is 210 g/mol. The molecule has 1 heterocycles. The average Bonchev–Trinajstić information content (AvgIpc) is 2.21. The zero-order chi connectivity index (χ0) is 11.4. The molecule has 0 fully saturated rings. The first kappa shape index (κ1) is 11.4. The number of nitrogens with zero attached hydrogens (tertiary/aromatic N) is 2. The SMILES string of the molecule is COc1ccc(=O)n(CC(=O)C(C)C)n1. The van der Waals surface area contributed by atoms with Gasteiger partial charge in [0.05, 0.1) is 7.11 Å². The van der Waals surface area contributed by atoms with Crippen LogP contribution in [-0.4, -0.2) is 22.7 Å². The summed E-state index contributed by atoms with van der Waals surface area (Å²) in [6, 6.07) is 2.80. The second-order valence-corrected chi connectivity index (χ2v) is 3.49. The smallest absolute Gasteiger partial charge is 0.267 e. The van der Waals surface area contributed by atoms with Crippen molar-refractivity contribution in [1.29, 1.82) is 0 Å². The van der Waals surface area contributed by atoms with Gasteiger partial charge in [0.2, 0.25) is 5.88 Å². The second kappa shape index (κ2) is 4.72. The van der Waals surface area contributed by atoms with Gasteiger partial charge in [0.1, 0.15) is 6.54 Å². The Labute approximate surface area is 87.7 Å². The molecule has 0 spiro atoms. The predicted octanol–water partition coefficient (Wildman–Crippen LogP) is 0.477. The van der Waals surface area contributed by atoms with Gasteiger partial charge < -0.3 is 4.74 Å². The molecule has 1 aromatic rings. The number of methoxy groups -OCH3 is 1. The summed E-state index contributed by atoms with van der Waals surface area (Å²) in [5, 5.41) is 3.87. The standard InChI is InChI=1S/C10H14N2O3/c1-7(2)8(13)6-12-10(14)5-4-9(11-12)15-3/h4-5,7H,6H2,1-3H3. The van der Waals surface area contributed by atoms with Crippen LogP contribution < -0.4 is 10.3 Å². The topological polar surface area (TPSA) is 61.2 Å². The maximum Gasteiger partial charge on any atom is 0.267 e. The van der Waals surface area contributed by atoms with Crippen molar-refractivity contribution in [2.75, 3.05) is 7.11 Å². The molecule has 1 rings (SSSR count). The molecule has 0 aliphatic heterocycles. The van der Waals surface area contributed by atoms with E-state index in [-0.39, 0.29) is 23.8 Å². The summed E-state index contributed by atoms with van der Waals surface area (Å²) in [5.74, 6) is 0.189. The molecule has 0 bridgehead atoms. The highest BCUT2D eigenvalue weighted by Crippen LogP contribution is 2.01. The van der Waals surface area contributed by atoms with Crippen molar-refractivity contribution in [2.24, 2.45) is 5.92 Å². The Balaban J connectivity index is 2.93. The van der Waals surface area contributed by atoms with E-state index in [1.54, 1.807) is 13.8 Å². The van der Waals surface area contributed by atoms with Crippen molar-refractivity contribution in [3.05, 3.63) is 22.5 Å². The van der Waals surface area contributed by atoms with Gasteiger partial charge in [0.25, 0.3) is 5.56 Å². The van der Waals surface area contributed by atoms with E-state index in [4.69, 9.17) is 4.74 Å². The molecule has 0 amide bonds. The van der Waals surface area contributed by atoms with Crippen LogP contribution in [0.5, 0.6) is 5.88 Å². The lowest BCUT2D eigenvalue weighted by Gasteiger charge is -2.06. The summed E-state index contributed by atoms with van der Waals surface area (Å²) in [6.07, 6.45) is 0. The number of carbonyl (C=O) groups excluding carboxylic acids is 1. The summed E-state index contributed by atoms with van der Waals surface area (Å²) >= 11 is 0. The molecule has 82 valence electrons. The van der Waals surface area contributed by atoms with Crippen LogP contribution >= 0.6 is 0 Å². The van der Waals surface area contributed by atoms with Crippen molar-refractivity contribution in [2.45, 2.75) is 20.4 Å². The molecular formula is C10H14N2O3. The highest BCUT2D eigenvalue weighted by atomic mass is 16.5. The molecule has 0 aliphatic rings. The Kier molecular flexibility index (Phi) is 3.60. The van der Waals surface area contributed by atoms with Gasteiger partial charge in [0.15, 0.2) is 5.78 Å². The van der Waals surface area contributed by atoms with Crippen LogP contribution in [0.3, 0.4) is 0 Å². The maximum atomic E-state index is 11.4. The van der Waals surface area contributed by atoms with E-state index < -0.39 is 0 Å². The van der Waals surface area contributed by atoms with Crippen LogP contribution in [0.15, 0.2) is 16.9 Å². The molecule has 1 aromatic heterocycles. The lowest BCUT2D eigenvalue weighted by Crippen LogP contribution is -2.27. The Morgan fingerprint density at radius 3 is 2.73 bits per heavy atom. The summed E-state index contributed by atoms with van der Waals surface area (Å²) < 4.78 is 5.98. The molecule has 15 heavy (non-hydrogen) atoms. The predicted molar refractivity (Wildman–Crippen MR) is 54.9 cm³/mol. The Morgan fingerprint density at radius 1 is 1.53 bits per heavy atom. The zero-order valence-corrected chi connectivity index (χ0v) is 9.06. The van der Waals surface area contributed by atoms with Crippen LogP contribution in [0.25, 0.3) is 0 Å². The first-order valence-electron chi connectivity index (χ1n) is 4.69. The van der Waals surface area contributed by atoms with E-state index in [9.17, 15) is 9.59 Å². The quantitative estimate of drug-likeness (QED) is 0.725. The van der Waals surface area contributed by atoms with Gasteiger partial charge in [-0.25, -0.2) is 4.68 Å². The van der Waals surface area contributed by atoms with Crippen molar-refractivity contribution < 1.29 is 9.53 Å². The van der Waals surface area contributed by atoms with E-state index in [1.807, 2.05) is 0 Å². The molecular weight excluding hydrogens is 196 g/mol. The Morgan fingerprint density at radius 2 is 2.20 bits per heavy atom. The molecule has 0 radical (unpaired) electrons. The summed E-state index contributed by atoms with van der Waals surface area (Å²) in [5.41, 5.74) is -0.301. The highest BCUT2D eigenvalue weighted by Gasteiger charge is 2.10. The number of ether oxygens (including phenoxy) is 1. The van der Waals surface area contributed by atoms with E-state index in [1.165, 1.54) is 19.2 Å². The fourth-order valence-electron chi connectivity index (χ4n) is 0.983. The summed E-state index contributed by atoms with van der Waals surface area (Å²) in [6.45, 7) is 3.56. The molecule has 5 heteroatoms. The normalized spacial score (nSPS) is 10.4. The largest absolute Gasteiger partial charge is 0.480 e. The highest BCUT2D eigenvalue weighted by molar-refractivity contribution is 5.79. The van der Waals surface area contributed by atoms with E-state index in [0.717, 1.165) is 4.68 Å². The van der Waals surface area contributed by atoms with E-state index >= 15 is 0 Å². The van der Waals surface area contributed by atoms with Crippen LogP contribution in [0.1, 0.15) is 13.8 Å². The number of aromatic nitrogens is 2. The lowest BCUT2D eigenvalue weighted by molar-refractivity contribution is -0.122. The molecule has 0 unspecified atom stereocenters. The first-order chi connectivity index (χ1) is 7.04. The number of hydrogen-bond acceptors (Lipinski definition) is 4. The zero-order valence-electron chi connectivity index (χ0n) is 9.06. The lowest BCUT2D eigenvalue weighted by atomic mass is 10.1. The van der Waals surface area contributed by atoms with Crippen LogP contribution in [-0.2, 0) is 11.3 Å². The molecule has 0 atom stereocenters. The van der Waals surface area contributed by atoms with E-state index in [2.05, 4.69) is 5.10 Å². The number of ketones is 1. The second-order valence-electron chi connectivity index (χ2n) is 3.49. The van der Waals surface area contributed by atoms with Crippen molar-refractivity contribution in [1.82, 2.24) is 9.78 Å². The molecule has 0 aromatic carbocycles. The monoisotopic (exact) mass is 210 g/mol. The van der Waals surface area contributed by atoms with Crippen molar-refractivity contribution in [3.63, 3.8) is 0 Å². The Hall–Kier alpha value is -1.65. The first-order valence-corrected chi connectivity index (χ1v) is 4.69. The fourth-order valence-corrected chi connectivity index (χ4v) is 0.983. The Bertz CT molecular complexity index is 409. The molecule has 0 aliphatic carbocycles. The van der Waals surface area contributed by atoms with Gasteiger partial charge in [0, 0.05) is 18.1 Å². The molecule has 0 saturated carbocycles. The summed E-state index contributed by atoms with van der Waals surface area (Å²) in [4.78, 5) is 22.8.